The largest absolute Gasteiger partial charge is 0.306 e. The van der Waals surface area contributed by atoms with Crippen LogP contribution in [0.15, 0.2) is 12.3 Å². The summed E-state index contributed by atoms with van der Waals surface area (Å²) >= 11 is 0. The van der Waals surface area contributed by atoms with Gasteiger partial charge in [0, 0.05) is 25.8 Å². The monoisotopic (exact) mass is 215 g/mol. The normalized spacial score (nSPS) is 20.6. The maximum absolute atomic E-state index is 10.9. The second kappa shape index (κ2) is 3.36. The number of rotatable bonds is 3. The minimum Gasteiger partial charge on any atom is -0.306 e. The summed E-state index contributed by atoms with van der Waals surface area (Å²) in [5.74, 6) is 0.527. The Labute approximate surface area is 83.0 Å². The van der Waals surface area contributed by atoms with Crippen molar-refractivity contribution >= 4 is 9.84 Å². The Hall–Kier alpha value is -0.880. The van der Waals surface area contributed by atoms with Gasteiger partial charge < -0.3 is 5.32 Å². The van der Waals surface area contributed by atoms with E-state index in [4.69, 9.17) is 0 Å². The van der Waals surface area contributed by atoms with Crippen LogP contribution in [0.3, 0.4) is 0 Å². The van der Waals surface area contributed by atoms with E-state index < -0.39 is 9.84 Å². The molecule has 14 heavy (non-hydrogen) atoms. The van der Waals surface area contributed by atoms with Crippen molar-refractivity contribution in [3.05, 3.63) is 18.0 Å². The Bertz CT molecular complexity index is 412. The van der Waals surface area contributed by atoms with Gasteiger partial charge in [0.25, 0.3) is 0 Å². The first-order valence-electron chi connectivity index (χ1n) is 4.47. The molecule has 2 rings (SSSR count). The summed E-state index contributed by atoms with van der Waals surface area (Å²) in [6.45, 7) is 0.640. The lowest BCUT2D eigenvalue weighted by Gasteiger charge is -2.26. The van der Waals surface area contributed by atoms with E-state index in [1.165, 1.54) is 0 Å². The first-order chi connectivity index (χ1) is 6.55. The predicted molar refractivity (Wildman–Crippen MR) is 52.5 cm³/mol. The predicted octanol–water partition coefficient (Wildman–Crippen LogP) is -0.693. The van der Waals surface area contributed by atoms with Crippen molar-refractivity contribution in [2.45, 2.75) is 12.6 Å². The Morgan fingerprint density at radius 2 is 2.36 bits per heavy atom. The number of aromatic nitrogens is 2. The van der Waals surface area contributed by atoms with Gasteiger partial charge in [0.2, 0.25) is 0 Å². The van der Waals surface area contributed by atoms with Crippen LogP contribution in [0.4, 0.5) is 0 Å². The van der Waals surface area contributed by atoms with Crippen molar-refractivity contribution in [3.63, 3.8) is 0 Å². The maximum Gasteiger partial charge on any atom is 0.153 e. The number of hydrogen-bond donors (Lipinski definition) is 1. The summed E-state index contributed by atoms with van der Waals surface area (Å²) in [6, 6.07) is 2.03. The van der Waals surface area contributed by atoms with E-state index in [0.29, 0.717) is 6.54 Å². The number of hydrogen-bond acceptors (Lipinski definition) is 4. The van der Waals surface area contributed by atoms with Crippen LogP contribution in [0.5, 0.6) is 0 Å². The van der Waals surface area contributed by atoms with Crippen molar-refractivity contribution in [2.24, 2.45) is 7.05 Å². The Morgan fingerprint density at radius 3 is 2.86 bits per heavy atom. The molecular formula is C8H13N3O2S. The highest BCUT2D eigenvalue weighted by atomic mass is 32.2. The van der Waals surface area contributed by atoms with Crippen LogP contribution in [0.25, 0.3) is 0 Å². The van der Waals surface area contributed by atoms with Gasteiger partial charge in [-0.25, -0.2) is 8.42 Å². The van der Waals surface area contributed by atoms with Gasteiger partial charge in [-0.05, 0) is 6.07 Å². The molecule has 0 spiro atoms. The van der Waals surface area contributed by atoms with E-state index in [2.05, 4.69) is 10.4 Å². The topological polar surface area (TPSA) is 64.0 Å². The van der Waals surface area contributed by atoms with Gasteiger partial charge in [0.1, 0.15) is 0 Å². The van der Waals surface area contributed by atoms with E-state index in [1.54, 1.807) is 4.68 Å². The number of nitrogens with one attached hydrogen (secondary N) is 1. The summed E-state index contributed by atoms with van der Waals surface area (Å²) in [7, 11) is -0.860. The summed E-state index contributed by atoms with van der Waals surface area (Å²) < 4.78 is 23.4. The Kier molecular flexibility index (Phi) is 2.32. The molecule has 1 fully saturated rings. The second-order valence-corrected chi connectivity index (χ2v) is 5.79. The number of sulfone groups is 1. The first-order valence-corrected chi connectivity index (χ1v) is 6.30. The minimum absolute atomic E-state index is 0.113. The van der Waals surface area contributed by atoms with Gasteiger partial charge in [0.05, 0.1) is 17.2 Å². The molecule has 1 N–H and O–H groups in total. The third-order valence-electron chi connectivity index (χ3n) is 2.25. The van der Waals surface area contributed by atoms with Gasteiger partial charge in [0.15, 0.2) is 9.84 Å². The Morgan fingerprint density at radius 1 is 1.64 bits per heavy atom. The van der Waals surface area contributed by atoms with Gasteiger partial charge >= 0.3 is 0 Å². The van der Waals surface area contributed by atoms with Gasteiger partial charge in [-0.1, -0.05) is 0 Å². The molecule has 1 saturated heterocycles. The van der Waals surface area contributed by atoms with Crippen LogP contribution in [0.1, 0.15) is 5.69 Å². The van der Waals surface area contributed by atoms with Gasteiger partial charge in [-0.2, -0.15) is 5.10 Å². The fraction of sp³-hybridized carbons (Fsp3) is 0.625. The maximum atomic E-state index is 10.9. The summed E-state index contributed by atoms with van der Waals surface area (Å²) in [4.78, 5) is 0. The smallest absolute Gasteiger partial charge is 0.153 e. The lowest BCUT2D eigenvalue weighted by atomic mass is 10.3. The van der Waals surface area contributed by atoms with E-state index in [9.17, 15) is 8.42 Å². The Balaban J connectivity index is 1.79. The van der Waals surface area contributed by atoms with Crippen LogP contribution in [0, 0.1) is 0 Å². The standard InChI is InChI=1S/C8H13N3O2S/c1-11-3-2-7(10-11)4-9-8-5-14(12,13)6-8/h2-3,8-9H,4-6H2,1H3. The van der Waals surface area contributed by atoms with Crippen LogP contribution < -0.4 is 5.32 Å². The zero-order chi connectivity index (χ0) is 10.2. The first kappa shape index (κ1) is 9.67. The van der Waals surface area contributed by atoms with E-state index in [-0.39, 0.29) is 17.5 Å². The van der Waals surface area contributed by atoms with Crippen molar-refractivity contribution in [1.29, 1.82) is 0 Å². The van der Waals surface area contributed by atoms with Crippen LogP contribution in [0.2, 0.25) is 0 Å². The van der Waals surface area contributed by atoms with Crippen LogP contribution >= 0.6 is 0 Å². The average Bonchev–Trinajstić information content (AvgIpc) is 2.44. The summed E-state index contributed by atoms with van der Waals surface area (Å²) in [5, 5.41) is 7.33. The quantitative estimate of drug-likeness (QED) is 0.724. The lowest BCUT2D eigenvalue weighted by molar-refractivity contribution is 0.507. The highest BCUT2D eigenvalue weighted by Gasteiger charge is 2.32. The van der Waals surface area contributed by atoms with Crippen molar-refractivity contribution < 1.29 is 8.42 Å². The second-order valence-electron chi connectivity index (χ2n) is 3.64. The number of aryl methyl sites for hydroxylation is 1. The molecule has 0 aliphatic carbocycles. The molecule has 1 aromatic heterocycles. The molecule has 0 radical (unpaired) electrons. The molecule has 78 valence electrons. The SMILES string of the molecule is Cn1ccc(CNC2CS(=O)(=O)C2)n1. The molecule has 0 amide bonds. The summed E-state index contributed by atoms with van der Waals surface area (Å²) in [6.07, 6.45) is 1.87. The molecule has 0 aromatic carbocycles. The molecule has 2 heterocycles. The average molecular weight is 215 g/mol. The molecule has 0 saturated carbocycles. The molecule has 0 atom stereocenters. The summed E-state index contributed by atoms with van der Waals surface area (Å²) in [5.41, 5.74) is 0.941. The molecule has 6 heteroatoms. The molecule has 0 bridgehead atoms. The zero-order valence-corrected chi connectivity index (χ0v) is 8.79. The van der Waals surface area contributed by atoms with Crippen LogP contribution in [-0.2, 0) is 23.4 Å². The third kappa shape index (κ3) is 2.13. The lowest BCUT2D eigenvalue weighted by Crippen LogP contribution is -2.50. The van der Waals surface area contributed by atoms with E-state index in [0.717, 1.165) is 5.69 Å². The fourth-order valence-corrected chi connectivity index (χ4v) is 2.85. The third-order valence-corrected chi connectivity index (χ3v) is 4.07. The molecule has 0 unspecified atom stereocenters. The fourth-order valence-electron chi connectivity index (χ4n) is 1.49. The zero-order valence-electron chi connectivity index (χ0n) is 7.97. The van der Waals surface area contributed by atoms with Crippen molar-refractivity contribution in [2.75, 3.05) is 11.5 Å². The molecule has 5 nitrogen and oxygen atoms in total. The van der Waals surface area contributed by atoms with Gasteiger partial charge in [-0.15, -0.1) is 0 Å². The van der Waals surface area contributed by atoms with Crippen LogP contribution in [-0.4, -0.2) is 35.7 Å². The van der Waals surface area contributed by atoms with Gasteiger partial charge in [-0.3, -0.25) is 4.68 Å². The molecule has 1 aromatic rings. The van der Waals surface area contributed by atoms with E-state index >= 15 is 0 Å². The highest BCUT2D eigenvalue weighted by molar-refractivity contribution is 7.92. The molecule has 1 aliphatic heterocycles. The minimum atomic E-state index is -2.72. The number of nitrogens with zero attached hydrogens (tertiary/aromatic N) is 2. The van der Waals surface area contributed by atoms with E-state index in [1.807, 2.05) is 19.3 Å². The molecule has 1 aliphatic rings. The highest BCUT2D eigenvalue weighted by Crippen LogP contribution is 2.10. The van der Waals surface area contributed by atoms with Crippen molar-refractivity contribution in [3.8, 4) is 0 Å². The van der Waals surface area contributed by atoms with Crippen molar-refractivity contribution in [1.82, 2.24) is 15.1 Å². The molecular weight excluding hydrogens is 202 g/mol.